The summed E-state index contributed by atoms with van der Waals surface area (Å²) in [6, 6.07) is 8.19. The Labute approximate surface area is 109 Å². The molecule has 1 aliphatic rings. The van der Waals surface area contributed by atoms with Crippen molar-refractivity contribution in [2.45, 2.75) is 39.0 Å². The highest BCUT2D eigenvalue weighted by molar-refractivity contribution is 5.21. The standard InChI is InChI=1S/C15H23NO2/c1-2-16(11-15-4-3-9-18-15)10-13-5-7-14(12-17)8-6-13/h5-8,15,17H,2-4,9-12H2,1H3. The van der Waals surface area contributed by atoms with Crippen LogP contribution in [-0.4, -0.2) is 35.8 Å². The van der Waals surface area contributed by atoms with Crippen molar-refractivity contribution in [3.8, 4) is 0 Å². The van der Waals surface area contributed by atoms with E-state index in [1.165, 1.54) is 18.4 Å². The highest BCUT2D eigenvalue weighted by atomic mass is 16.5. The van der Waals surface area contributed by atoms with Gasteiger partial charge in [-0.3, -0.25) is 4.90 Å². The van der Waals surface area contributed by atoms with Gasteiger partial charge in [-0.25, -0.2) is 0 Å². The molecule has 0 aromatic heterocycles. The molecule has 18 heavy (non-hydrogen) atoms. The Kier molecular flexibility index (Phi) is 5.17. The molecule has 1 unspecified atom stereocenters. The van der Waals surface area contributed by atoms with Gasteiger partial charge in [-0.05, 0) is 30.5 Å². The van der Waals surface area contributed by atoms with E-state index < -0.39 is 0 Å². The molecule has 100 valence electrons. The minimum atomic E-state index is 0.119. The lowest BCUT2D eigenvalue weighted by molar-refractivity contribution is 0.0725. The zero-order chi connectivity index (χ0) is 12.8. The Balaban J connectivity index is 1.87. The van der Waals surface area contributed by atoms with Crippen LogP contribution in [0.3, 0.4) is 0 Å². The quantitative estimate of drug-likeness (QED) is 0.839. The molecule has 1 aromatic rings. The van der Waals surface area contributed by atoms with E-state index in [-0.39, 0.29) is 6.61 Å². The molecular weight excluding hydrogens is 226 g/mol. The van der Waals surface area contributed by atoms with E-state index in [4.69, 9.17) is 9.84 Å². The van der Waals surface area contributed by atoms with Crippen LogP contribution < -0.4 is 0 Å². The van der Waals surface area contributed by atoms with Gasteiger partial charge in [0.05, 0.1) is 12.7 Å². The lowest BCUT2D eigenvalue weighted by atomic mass is 10.1. The summed E-state index contributed by atoms with van der Waals surface area (Å²) in [6.45, 7) is 6.26. The van der Waals surface area contributed by atoms with Gasteiger partial charge in [0.2, 0.25) is 0 Å². The smallest absolute Gasteiger partial charge is 0.0702 e. The van der Waals surface area contributed by atoms with Crippen molar-refractivity contribution in [1.82, 2.24) is 4.90 Å². The molecule has 0 bridgehead atoms. The number of nitrogens with zero attached hydrogens (tertiary/aromatic N) is 1. The predicted molar refractivity (Wildman–Crippen MR) is 72.3 cm³/mol. The average molecular weight is 249 g/mol. The summed E-state index contributed by atoms with van der Waals surface area (Å²) in [7, 11) is 0. The zero-order valence-corrected chi connectivity index (χ0v) is 11.1. The van der Waals surface area contributed by atoms with E-state index >= 15 is 0 Å². The van der Waals surface area contributed by atoms with E-state index in [1.807, 2.05) is 12.1 Å². The van der Waals surface area contributed by atoms with Crippen molar-refractivity contribution >= 4 is 0 Å². The number of aliphatic hydroxyl groups is 1. The minimum Gasteiger partial charge on any atom is -0.392 e. The molecule has 0 spiro atoms. The summed E-state index contributed by atoms with van der Waals surface area (Å²) in [6.07, 6.45) is 2.81. The van der Waals surface area contributed by atoms with Crippen LogP contribution in [-0.2, 0) is 17.9 Å². The fraction of sp³-hybridized carbons (Fsp3) is 0.600. The second-order valence-electron chi connectivity index (χ2n) is 4.94. The van der Waals surface area contributed by atoms with Crippen molar-refractivity contribution in [3.63, 3.8) is 0 Å². The normalized spacial score (nSPS) is 19.6. The van der Waals surface area contributed by atoms with Crippen molar-refractivity contribution in [3.05, 3.63) is 35.4 Å². The second-order valence-corrected chi connectivity index (χ2v) is 4.94. The fourth-order valence-corrected chi connectivity index (χ4v) is 2.39. The number of aliphatic hydroxyl groups excluding tert-OH is 1. The van der Waals surface area contributed by atoms with Crippen LogP contribution in [0.4, 0.5) is 0 Å². The summed E-state index contributed by atoms with van der Waals surface area (Å²) >= 11 is 0. The van der Waals surface area contributed by atoms with Crippen molar-refractivity contribution in [2.24, 2.45) is 0 Å². The van der Waals surface area contributed by atoms with Gasteiger partial charge in [0, 0.05) is 19.7 Å². The van der Waals surface area contributed by atoms with E-state index in [0.717, 1.165) is 31.8 Å². The van der Waals surface area contributed by atoms with Gasteiger partial charge >= 0.3 is 0 Å². The van der Waals surface area contributed by atoms with Gasteiger partial charge in [0.15, 0.2) is 0 Å². The zero-order valence-electron chi connectivity index (χ0n) is 11.1. The third-order valence-electron chi connectivity index (χ3n) is 3.54. The summed E-state index contributed by atoms with van der Waals surface area (Å²) < 4.78 is 5.68. The first-order valence-electron chi connectivity index (χ1n) is 6.84. The van der Waals surface area contributed by atoms with E-state index in [0.29, 0.717) is 6.10 Å². The number of likely N-dealkylation sites (N-methyl/N-ethyl adjacent to an activating group) is 1. The molecule has 3 heteroatoms. The molecule has 1 N–H and O–H groups in total. The molecule has 1 aromatic carbocycles. The summed E-state index contributed by atoms with van der Waals surface area (Å²) in [4.78, 5) is 2.42. The van der Waals surface area contributed by atoms with Gasteiger partial charge in [-0.15, -0.1) is 0 Å². The summed E-state index contributed by atoms with van der Waals surface area (Å²) in [5.41, 5.74) is 2.27. The second kappa shape index (κ2) is 6.88. The van der Waals surface area contributed by atoms with Crippen LogP contribution in [0.2, 0.25) is 0 Å². The van der Waals surface area contributed by atoms with Crippen molar-refractivity contribution in [2.75, 3.05) is 19.7 Å². The van der Waals surface area contributed by atoms with Crippen LogP contribution in [0.25, 0.3) is 0 Å². The summed E-state index contributed by atoms with van der Waals surface area (Å²) in [5, 5.41) is 9.02. The molecular formula is C15H23NO2. The Morgan fingerprint density at radius 3 is 2.56 bits per heavy atom. The molecule has 3 nitrogen and oxygen atoms in total. The number of ether oxygens (including phenoxy) is 1. The van der Waals surface area contributed by atoms with Crippen molar-refractivity contribution < 1.29 is 9.84 Å². The van der Waals surface area contributed by atoms with Crippen LogP contribution >= 0.6 is 0 Å². The molecule has 1 atom stereocenters. The van der Waals surface area contributed by atoms with E-state index in [9.17, 15) is 0 Å². The lowest BCUT2D eigenvalue weighted by Crippen LogP contribution is -2.31. The Morgan fingerprint density at radius 2 is 2.00 bits per heavy atom. The number of rotatable bonds is 6. The largest absolute Gasteiger partial charge is 0.392 e. The number of benzene rings is 1. The maximum absolute atomic E-state index is 9.02. The van der Waals surface area contributed by atoms with Crippen LogP contribution in [0, 0.1) is 0 Å². The first kappa shape index (κ1) is 13.5. The molecule has 0 aliphatic carbocycles. The average Bonchev–Trinajstić information content (AvgIpc) is 2.91. The molecule has 2 rings (SSSR count). The van der Waals surface area contributed by atoms with Crippen molar-refractivity contribution in [1.29, 1.82) is 0 Å². The molecule has 1 aliphatic heterocycles. The monoisotopic (exact) mass is 249 g/mol. The Morgan fingerprint density at radius 1 is 1.28 bits per heavy atom. The molecule has 0 radical (unpaired) electrons. The fourth-order valence-electron chi connectivity index (χ4n) is 2.39. The van der Waals surface area contributed by atoms with Gasteiger partial charge in [0.1, 0.15) is 0 Å². The highest BCUT2D eigenvalue weighted by Gasteiger charge is 2.18. The van der Waals surface area contributed by atoms with E-state index in [2.05, 4.69) is 24.0 Å². The maximum Gasteiger partial charge on any atom is 0.0702 e. The molecule has 1 fully saturated rings. The Bertz CT molecular complexity index is 344. The number of hydrogen-bond donors (Lipinski definition) is 1. The van der Waals surface area contributed by atoms with Crippen LogP contribution in [0.15, 0.2) is 24.3 Å². The minimum absolute atomic E-state index is 0.119. The van der Waals surface area contributed by atoms with Gasteiger partial charge in [-0.1, -0.05) is 31.2 Å². The first-order chi connectivity index (χ1) is 8.81. The molecule has 0 saturated carbocycles. The maximum atomic E-state index is 9.02. The summed E-state index contributed by atoms with van der Waals surface area (Å²) in [5.74, 6) is 0. The van der Waals surface area contributed by atoms with Gasteiger partial charge in [-0.2, -0.15) is 0 Å². The van der Waals surface area contributed by atoms with Gasteiger partial charge in [0.25, 0.3) is 0 Å². The lowest BCUT2D eigenvalue weighted by Gasteiger charge is -2.23. The highest BCUT2D eigenvalue weighted by Crippen LogP contribution is 2.15. The third kappa shape index (κ3) is 3.80. The molecule has 1 saturated heterocycles. The number of hydrogen-bond acceptors (Lipinski definition) is 3. The van der Waals surface area contributed by atoms with Crippen LogP contribution in [0.1, 0.15) is 30.9 Å². The van der Waals surface area contributed by atoms with E-state index in [1.54, 1.807) is 0 Å². The molecule has 1 heterocycles. The predicted octanol–water partition coefficient (Wildman–Crippen LogP) is 2.18. The van der Waals surface area contributed by atoms with Gasteiger partial charge < -0.3 is 9.84 Å². The third-order valence-corrected chi connectivity index (χ3v) is 3.54. The van der Waals surface area contributed by atoms with Crippen LogP contribution in [0.5, 0.6) is 0 Å². The first-order valence-corrected chi connectivity index (χ1v) is 6.84. The molecule has 0 amide bonds. The Hall–Kier alpha value is -0.900. The SMILES string of the molecule is CCN(Cc1ccc(CO)cc1)CC1CCCO1. The topological polar surface area (TPSA) is 32.7 Å².